The zero-order chi connectivity index (χ0) is 17.9. The van der Waals surface area contributed by atoms with Gasteiger partial charge in [-0.15, -0.1) is 0 Å². The van der Waals surface area contributed by atoms with Crippen molar-refractivity contribution in [1.29, 1.82) is 0 Å². The molecule has 0 atom stereocenters. The first-order valence-corrected chi connectivity index (χ1v) is 8.24. The number of nitrogens with zero attached hydrogens (tertiary/aromatic N) is 1. The minimum atomic E-state index is -0.297. The highest BCUT2D eigenvalue weighted by atomic mass is 16.3. The molecule has 128 valence electrons. The number of rotatable bonds is 4. The fraction of sp³-hybridized carbons (Fsp3) is 0.0476. The van der Waals surface area contributed by atoms with Crippen LogP contribution in [0.5, 0.6) is 0 Å². The van der Waals surface area contributed by atoms with E-state index >= 15 is 0 Å². The largest absolute Gasteiger partial charge is 0.459 e. The highest BCUT2D eigenvalue weighted by Gasteiger charge is 2.21. The molecular weight excluding hydrogens is 328 g/mol. The number of hydrogen-bond donors (Lipinski definition) is 1. The van der Waals surface area contributed by atoms with Crippen molar-refractivity contribution >= 4 is 22.5 Å². The SMILES string of the molecule is O=C(c1ccco1)N(Cc1cc2ccccc2[nH]c1=O)c1ccccc1. The molecule has 0 saturated heterocycles. The predicted octanol–water partition coefficient (Wildman–Crippen LogP) is 3.97. The normalized spacial score (nSPS) is 10.8. The second-order valence-electron chi connectivity index (χ2n) is 5.92. The number of nitrogens with one attached hydrogen (secondary N) is 1. The van der Waals surface area contributed by atoms with Crippen LogP contribution in [0, 0.1) is 0 Å². The number of hydrogen-bond acceptors (Lipinski definition) is 3. The Labute approximate surface area is 149 Å². The van der Waals surface area contributed by atoms with E-state index in [2.05, 4.69) is 4.98 Å². The number of carbonyl (C=O) groups excluding carboxylic acids is 1. The maximum atomic E-state index is 12.9. The Bertz CT molecular complexity index is 1100. The first-order chi connectivity index (χ1) is 12.7. The molecular formula is C21H16N2O3. The van der Waals surface area contributed by atoms with Crippen molar-refractivity contribution in [3.05, 3.63) is 101 Å². The second kappa shape index (κ2) is 6.72. The fourth-order valence-electron chi connectivity index (χ4n) is 2.90. The number of furan rings is 1. The Hall–Kier alpha value is -3.60. The van der Waals surface area contributed by atoms with Gasteiger partial charge in [-0.2, -0.15) is 0 Å². The minimum Gasteiger partial charge on any atom is -0.459 e. The first kappa shape index (κ1) is 15.9. The van der Waals surface area contributed by atoms with Gasteiger partial charge in [0.2, 0.25) is 0 Å². The second-order valence-corrected chi connectivity index (χ2v) is 5.92. The maximum Gasteiger partial charge on any atom is 0.294 e. The smallest absolute Gasteiger partial charge is 0.294 e. The van der Waals surface area contributed by atoms with Gasteiger partial charge in [-0.25, -0.2) is 0 Å². The van der Waals surface area contributed by atoms with Crippen LogP contribution in [0.1, 0.15) is 16.1 Å². The van der Waals surface area contributed by atoms with Crippen LogP contribution in [-0.2, 0) is 6.54 Å². The number of benzene rings is 2. The molecule has 2 aromatic heterocycles. The predicted molar refractivity (Wildman–Crippen MR) is 100 cm³/mol. The molecule has 2 heterocycles. The van der Waals surface area contributed by atoms with Crippen LogP contribution >= 0.6 is 0 Å². The quantitative estimate of drug-likeness (QED) is 0.609. The standard InChI is InChI=1S/C21H16N2O3/c24-20-16(13-15-7-4-5-10-18(15)22-20)14-23(17-8-2-1-3-9-17)21(25)19-11-6-12-26-19/h1-13H,14H2,(H,22,24). The highest BCUT2D eigenvalue weighted by molar-refractivity contribution is 6.04. The van der Waals surface area contributed by atoms with E-state index in [9.17, 15) is 9.59 Å². The highest BCUT2D eigenvalue weighted by Crippen LogP contribution is 2.20. The molecule has 0 aliphatic carbocycles. The number of anilines is 1. The van der Waals surface area contributed by atoms with Gasteiger partial charge in [0.25, 0.3) is 11.5 Å². The van der Waals surface area contributed by atoms with Gasteiger partial charge in [0, 0.05) is 16.8 Å². The van der Waals surface area contributed by atoms with Gasteiger partial charge in [-0.1, -0.05) is 36.4 Å². The topological polar surface area (TPSA) is 66.3 Å². The van der Waals surface area contributed by atoms with E-state index in [1.165, 1.54) is 11.2 Å². The molecule has 1 amide bonds. The fourth-order valence-corrected chi connectivity index (χ4v) is 2.90. The van der Waals surface area contributed by atoms with Gasteiger partial charge in [0.1, 0.15) is 0 Å². The third-order valence-electron chi connectivity index (χ3n) is 4.20. The molecule has 2 aromatic carbocycles. The van der Waals surface area contributed by atoms with Gasteiger partial charge >= 0.3 is 0 Å². The average Bonchev–Trinajstić information content (AvgIpc) is 3.21. The van der Waals surface area contributed by atoms with Gasteiger partial charge in [-0.3, -0.25) is 9.59 Å². The number of aromatic nitrogens is 1. The Morgan fingerprint density at radius 2 is 1.73 bits per heavy atom. The summed E-state index contributed by atoms with van der Waals surface area (Å²) in [5, 5.41) is 0.917. The van der Waals surface area contributed by atoms with Gasteiger partial charge in [-0.05, 0) is 41.8 Å². The van der Waals surface area contributed by atoms with Crippen LogP contribution in [0.2, 0.25) is 0 Å². The van der Waals surface area contributed by atoms with E-state index in [0.717, 1.165) is 10.9 Å². The number of pyridine rings is 1. The third-order valence-corrected chi connectivity index (χ3v) is 4.20. The van der Waals surface area contributed by atoms with Gasteiger partial charge < -0.3 is 14.3 Å². The number of aromatic amines is 1. The van der Waals surface area contributed by atoms with Gasteiger partial charge in [0.05, 0.1) is 12.8 Å². The molecule has 0 saturated carbocycles. The Kier molecular flexibility index (Phi) is 4.11. The van der Waals surface area contributed by atoms with Crippen molar-refractivity contribution in [2.45, 2.75) is 6.54 Å². The van der Waals surface area contributed by atoms with Crippen LogP contribution < -0.4 is 10.5 Å². The summed E-state index contributed by atoms with van der Waals surface area (Å²) < 4.78 is 5.26. The number of H-pyrrole nitrogens is 1. The summed E-state index contributed by atoms with van der Waals surface area (Å²) in [5.74, 6) is -0.0696. The van der Waals surface area contributed by atoms with E-state index < -0.39 is 0 Å². The first-order valence-electron chi connectivity index (χ1n) is 8.24. The van der Waals surface area contributed by atoms with Crippen molar-refractivity contribution < 1.29 is 9.21 Å². The van der Waals surface area contributed by atoms with Crippen LogP contribution in [0.4, 0.5) is 5.69 Å². The number of amides is 1. The lowest BCUT2D eigenvalue weighted by Gasteiger charge is -2.21. The molecule has 4 aromatic rings. The molecule has 0 spiro atoms. The molecule has 0 aliphatic heterocycles. The molecule has 0 bridgehead atoms. The maximum absolute atomic E-state index is 12.9. The summed E-state index contributed by atoms with van der Waals surface area (Å²) in [4.78, 5) is 29.8. The minimum absolute atomic E-state index is 0.143. The summed E-state index contributed by atoms with van der Waals surface area (Å²) in [7, 11) is 0. The number of carbonyl (C=O) groups is 1. The molecule has 5 nitrogen and oxygen atoms in total. The van der Waals surface area contributed by atoms with Crippen molar-refractivity contribution in [3.63, 3.8) is 0 Å². The molecule has 0 radical (unpaired) electrons. The van der Waals surface area contributed by atoms with E-state index in [-0.39, 0.29) is 23.8 Å². The third kappa shape index (κ3) is 3.02. The molecule has 0 aliphatic rings. The molecule has 0 unspecified atom stereocenters. The van der Waals surface area contributed by atoms with Crippen molar-refractivity contribution in [2.75, 3.05) is 4.90 Å². The molecule has 0 fully saturated rings. The number of fused-ring (bicyclic) bond motifs is 1. The van der Waals surface area contributed by atoms with E-state index in [1.807, 2.05) is 60.7 Å². The zero-order valence-electron chi connectivity index (χ0n) is 13.9. The summed E-state index contributed by atoms with van der Waals surface area (Å²) in [6.45, 7) is 0.143. The summed E-state index contributed by atoms with van der Waals surface area (Å²) in [6, 6.07) is 21.9. The van der Waals surface area contributed by atoms with Crippen LogP contribution in [0.15, 0.2) is 88.3 Å². The van der Waals surface area contributed by atoms with Crippen molar-refractivity contribution in [2.24, 2.45) is 0 Å². The Balaban J connectivity index is 1.77. The Morgan fingerprint density at radius 3 is 2.50 bits per heavy atom. The van der Waals surface area contributed by atoms with Crippen LogP contribution in [0.3, 0.4) is 0 Å². The number of para-hydroxylation sites is 2. The van der Waals surface area contributed by atoms with Crippen molar-refractivity contribution in [3.8, 4) is 0 Å². The van der Waals surface area contributed by atoms with Gasteiger partial charge in [0.15, 0.2) is 5.76 Å². The average molecular weight is 344 g/mol. The zero-order valence-corrected chi connectivity index (χ0v) is 13.9. The lowest BCUT2D eigenvalue weighted by Crippen LogP contribution is -2.32. The molecule has 1 N–H and O–H groups in total. The summed E-state index contributed by atoms with van der Waals surface area (Å²) >= 11 is 0. The van der Waals surface area contributed by atoms with Crippen LogP contribution in [-0.4, -0.2) is 10.9 Å². The lowest BCUT2D eigenvalue weighted by molar-refractivity contribution is 0.0958. The molecule has 26 heavy (non-hydrogen) atoms. The van der Waals surface area contributed by atoms with Crippen LogP contribution in [0.25, 0.3) is 10.9 Å². The monoisotopic (exact) mass is 344 g/mol. The Morgan fingerprint density at radius 1 is 0.962 bits per heavy atom. The van der Waals surface area contributed by atoms with E-state index in [0.29, 0.717) is 11.3 Å². The molecule has 4 rings (SSSR count). The lowest BCUT2D eigenvalue weighted by atomic mass is 10.1. The molecule has 5 heteroatoms. The van der Waals surface area contributed by atoms with Crippen molar-refractivity contribution in [1.82, 2.24) is 4.98 Å². The van der Waals surface area contributed by atoms with E-state index in [1.54, 1.807) is 12.1 Å². The summed E-state index contributed by atoms with van der Waals surface area (Å²) in [5.41, 5.74) is 1.76. The summed E-state index contributed by atoms with van der Waals surface area (Å²) in [6.07, 6.45) is 1.46. The van der Waals surface area contributed by atoms with E-state index in [4.69, 9.17) is 4.42 Å².